The molecule has 1 fully saturated rings. The number of ether oxygens (including phenoxy) is 2. The molecule has 7 nitrogen and oxygen atoms in total. The van der Waals surface area contributed by atoms with Crippen LogP contribution in [-0.2, 0) is 4.84 Å². The summed E-state index contributed by atoms with van der Waals surface area (Å²) in [6.07, 6.45) is 3.38. The lowest BCUT2D eigenvalue weighted by atomic mass is 10.1. The van der Waals surface area contributed by atoms with Crippen LogP contribution in [0.15, 0.2) is 29.4 Å². The van der Waals surface area contributed by atoms with Crippen molar-refractivity contribution in [1.29, 1.82) is 0 Å². The highest BCUT2D eigenvalue weighted by Gasteiger charge is 2.11. The standard InChI is InChI=1S/C16H23N3O4/c1-21-13-5-7-14(8-6-13)22-16(20)23-18-15(17)9-12-19-10-3-2-4-11-19/h5-8H,2-4,9-12H2,1H3,(H2,17,18). The molecule has 2 N–H and O–H groups in total. The van der Waals surface area contributed by atoms with Gasteiger partial charge in [-0.15, -0.1) is 0 Å². The van der Waals surface area contributed by atoms with Gasteiger partial charge >= 0.3 is 6.16 Å². The van der Waals surface area contributed by atoms with Crippen molar-refractivity contribution in [2.45, 2.75) is 25.7 Å². The SMILES string of the molecule is COc1ccc(OC(=O)ON=C(N)CCN2CCCCC2)cc1. The number of benzene rings is 1. The molecule has 7 heteroatoms. The summed E-state index contributed by atoms with van der Waals surface area (Å²) < 4.78 is 9.98. The van der Waals surface area contributed by atoms with Gasteiger partial charge in [0.05, 0.1) is 7.11 Å². The zero-order valence-electron chi connectivity index (χ0n) is 13.4. The van der Waals surface area contributed by atoms with Gasteiger partial charge in [0, 0.05) is 13.0 Å². The second-order valence-electron chi connectivity index (χ2n) is 5.35. The zero-order chi connectivity index (χ0) is 16.5. The van der Waals surface area contributed by atoms with Crippen molar-refractivity contribution in [2.24, 2.45) is 10.9 Å². The number of rotatable bonds is 6. The first-order chi connectivity index (χ1) is 11.2. The Morgan fingerprint density at radius 2 is 1.83 bits per heavy atom. The maximum absolute atomic E-state index is 11.5. The van der Waals surface area contributed by atoms with Crippen LogP contribution >= 0.6 is 0 Å². The van der Waals surface area contributed by atoms with Crippen LogP contribution in [0.1, 0.15) is 25.7 Å². The van der Waals surface area contributed by atoms with Crippen molar-refractivity contribution in [2.75, 3.05) is 26.7 Å². The van der Waals surface area contributed by atoms with Crippen LogP contribution in [0.2, 0.25) is 0 Å². The lowest BCUT2D eigenvalue weighted by Gasteiger charge is -2.25. The minimum Gasteiger partial charge on any atom is -0.497 e. The Labute approximate surface area is 136 Å². The Hall–Kier alpha value is -2.28. The van der Waals surface area contributed by atoms with Crippen molar-refractivity contribution < 1.29 is 19.1 Å². The maximum Gasteiger partial charge on any atom is 0.540 e. The van der Waals surface area contributed by atoms with Gasteiger partial charge in [0.25, 0.3) is 0 Å². The van der Waals surface area contributed by atoms with Crippen LogP contribution in [0.5, 0.6) is 11.5 Å². The summed E-state index contributed by atoms with van der Waals surface area (Å²) in [5, 5.41) is 3.61. The molecule has 0 bridgehead atoms. The van der Waals surface area contributed by atoms with Gasteiger partial charge < -0.3 is 20.1 Å². The van der Waals surface area contributed by atoms with Crippen LogP contribution in [0.3, 0.4) is 0 Å². The molecule has 1 aliphatic rings. The topological polar surface area (TPSA) is 86.4 Å². The third-order valence-corrected chi connectivity index (χ3v) is 3.63. The maximum atomic E-state index is 11.5. The molecular formula is C16H23N3O4. The molecule has 1 aromatic rings. The highest BCUT2D eigenvalue weighted by molar-refractivity contribution is 5.80. The van der Waals surface area contributed by atoms with E-state index >= 15 is 0 Å². The van der Waals surface area contributed by atoms with Gasteiger partial charge in [-0.25, -0.2) is 4.79 Å². The summed E-state index contributed by atoms with van der Waals surface area (Å²) in [7, 11) is 1.56. The van der Waals surface area contributed by atoms with Gasteiger partial charge in [-0.05, 0) is 50.2 Å². The Morgan fingerprint density at radius 1 is 1.17 bits per heavy atom. The fourth-order valence-electron chi connectivity index (χ4n) is 2.36. The van der Waals surface area contributed by atoms with E-state index in [0.717, 1.165) is 19.6 Å². The van der Waals surface area contributed by atoms with Crippen LogP contribution in [0, 0.1) is 0 Å². The van der Waals surface area contributed by atoms with Gasteiger partial charge in [-0.3, -0.25) is 4.84 Å². The normalized spacial score (nSPS) is 16.0. The fourth-order valence-corrected chi connectivity index (χ4v) is 2.36. The second-order valence-corrected chi connectivity index (χ2v) is 5.35. The van der Waals surface area contributed by atoms with Crippen LogP contribution in [-0.4, -0.2) is 43.6 Å². The highest BCUT2D eigenvalue weighted by Crippen LogP contribution is 2.17. The quantitative estimate of drug-likeness (QED) is 0.216. The van der Waals surface area contributed by atoms with Gasteiger partial charge in [-0.2, -0.15) is 0 Å². The third kappa shape index (κ3) is 6.15. The molecule has 0 radical (unpaired) electrons. The van der Waals surface area contributed by atoms with E-state index in [2.05, 4.69) is 14.9 Å². The van der Waals surface area contributed by atoms with E-state index in [1.165, 1.54) is 19.3 Å². The van der Waals surface area contributed by atoms with Gasteiger partial charge in [0.15, 0.2) is 0 Å². The van der Waals surface area contributed by atoms with Crippen LogP contribution < -0.4 is 15.2 Å². The first-order valence-corrected chi connectivity index (χ1v) is 7.75. The van der Waals surface area contributed by atoms with Crippen molar-refractivity contribution >= 4 is 12.0 Å². The molecule has 23 heavy (non-hydrogen) atoms. The molecule has 0 aliphatic carbocycles. The van der Waals surface area contributed by atoms with E-state index in [0.29, 0.717) is 17.9 Å². The summed E-state index contributed by atoms with van der Waals surface area (Å²) >= 11 is 0. The summed E-state index contributed by atoms with van der Waals surface area (Å²) in [6, 6.07) is 6.56. The van der Waals surface area contributed by atoms with E-state index in [4.69, 9.17) is 15.2 Å². The number of oxime groups is 1. The number of piperidine rings is 1. The zero-order valence-corrected chi connectivity index (χ0v) is 13.4. The number of nitrogens with zero attached hydrogens (tertiary/aromatic N) is 2. The number of nitrogens with two attached hydrogens (primary N) is 1. The summed E-state index contributed by atoms with van der Waals surface area (Å²) in [5.74, 6) is 1.30. The predicted octanol–water partition coefficient (Wildman–Crippen LogP) is 2.36. The molecule has 1 aromatic carbocycles. The van der Waals surface area contributed by atoms with Crippen LogP contribution in [0.25, 0.3) is 0 Å². The number of methoxy groups -OCH3 is 1. The molecule has 0 atom stereocenters. The molecule has 0 amide bonds. The first-order valence-electron chi connectivity index (χ1n) is 7.75. The van der Waals surface area contributed by atoms with Crippen LogP contribution in [0.4, 0.5) is 4.79 Å². The van der Waals surface area contributed by atoms with Crippen molar-refractivity contribution in [3.05, 3.63) is 24.3 Å². The van der Waals surface area contributed by atoms with E-state index in [1.807, 2.05) is 0 Å². The fraction of sp³-hybridized carbons (Fsp3) is 0.500. The minimum absolute atomic E-state index is 0.280. The molecule has 1 saturated heterocycles. The third-order valence-electron chi connectivity index (χ3n) is 3.63. The lowest BCUT2D eigenvalue weighted by molar-refractivity contribution is 0.102. The van der Waals surface area contributed by atoms with Crippen molar-refractivity contribution in [3.8, 4) is 11.5 Å². The van der Waals surface area contributed by atoms with Gasteiger partial charge in [-0.1, -0.05) is 11.6 Å². The molecular weight excluding hydrogens is 298 g/mol. The number of amidine groups is 1. The molecule has 1 aliphatic heterocycles. The average Bonchev–Trinajstić information content (AvgIpc) is 2.60. The smallest absolute Gasteiger partial charge is 0.497 e. The Bertz CT molecular complexity index is 525. The number of hydrogen-bond donors (Lipinski definition) is 1. The largest absolute Gasteiger partial charge is 0.540 e. The number of carbonyl (C=O) groups is 1. The summed E-state index contributed by atoms with van der Waals surface area (Å²) in [5.41, 5.74) is 5.74. The van der Waals surface area contributed by atoms with Gasteiger partial charge in [0.2, 0.25) is 0 Å². The molecule has 0 aromatic heterocycles. The number of hydrogen-bond acceptors (Lipinski definition) is 6. The Kier molecular flexibility index (Phi) is 6.68. The van der Waals surface area contributed by atoms with E-state index < -0.39 is 6.16 Å². The predicted molar refractivity (Wildman–Crippen MR) is 86.6 cm³/mol. The van der Waals surface area contributed by atoms with E-state index in [1.54, 1.807) is 31.4 Å². The monoisotopic (exact) mass is 321 g/mol. The molecule has 2 rings (SSSR count). The van der Waals surface area contributed by atoms with Crippen molar-refractivity contribution in [1.82, 2.24) is 4.90 Å². The first kappa shape index (κ1) is 17.1. The minimum atomic E-state index is -0.920. The second kappa shape index (κ2) is 8.99. The van der Waals surface area contributed by atoms with Gasteiger partial charge in [0.1, 0.15) is 17.3 Å². The Balaban J connectivity index is 1.70. The average molecular weight is 321 g/mol. The molecule has 1 heterocycles. The molecule has 0 unspecified atom stereocenters. The molecule has 0 saturated carbocycles. The Morgan fingerprint density at radius 3 is 2.48 bits per heavy atom. The highest BCUT2D eigenvalue weighted by atomic mass is 16.8. The van der Waals surface area contributed by atoms with E-state index in [9.17, 15) is 4.79 Å². The number of carbonyl (C=O) groups excluding carboxylic acids is 1. The summed E-state index contributed by atoms with van der Waals surface area (Å²) in [6.45, 7) is 3.01. The number of likely N-dealkylation sites (tertiary alicyclic amines) is 1. The van der Waals surface area contributed by atoms with E-state index in [-0.39, 0.29) is 5.84 Å². The lowest BCUT2D eigenvalue weighted by Crippen LogP contribution is -2.33. The molecule has 0 spiro atoms. The molecule has 126 valence electrons. The van der Waals surface area contributed by atoms with Crippen molar-refractivity contribution in [3.63, 3.8) is 0 Å². The summed E-state index contributed by atoms with van der Waals surface area (Å²) in [4.78, 5) is 18.5.